The number of halogens is 9. The summed E-state index contributed by atoms with van der Waals surface area (Å²) in [5, 5.41) is 6.60. The lowest BCUT2D eigenvalue weighted by atomic mass is 9.97. The summed E-state index contributed by atoms with van der Waals surface area (Å²) in [6, 6.07) is 8.00. The van der Waals surface area contributed by atoms with Gasteiger partial charge in [-0.1, -0.05) is 32.9 Å². The normalized spacial score (nSPS) is 12.0. The van der Waals surface area contributed by atoms with Crippen LogP contribution in [0.4, 0.5) is 39.5 Å². The number of nitrogens with two attached hydrogens (primary N) is 1. The third-order valence-corrected chi connectivity index (χ3v) is 6.44. The number of alkyl halides is 2. The molecule has 12 heteroatoms. The molecule has 234 valence electrons. The van der Waals surface area contributed by atoms with Crippen LogP contribution in [0.15, 0.2) is 60.7 Å². The Morgan fingerprint density at radius 2 is 1.18 bits per heavy atom. The van der Waals surface area contributed by atoms with Gasteiger partial charge in [-0.25, -0.2) is 30.7 Å². The lowest BCUT2D eigenvalue weighted by Gasteiger charge is -2.20. The van der Waals surface area contributed by atoms with Crippen molar-refractivity contribution in [2.24, 2.45) is 11.7 Å². The molecule has 4 rings (SSSR count). The second-order valence-electron chi connectivity index (χ2n) is 10.1. The monoisotopic (exact) mass is 626 g/mol. The molecule has 44 heavy (non-hydrogen) atoms. The van der Waals surface area contributed by atoms with E-state index in [0.29, 0.717) is 42.4 Å². The summed E-state index contributed by atoms with van der Waals surface area (Å²) >= 11 is 0. The molecule has 0 heterocycles. The van der Waals surface area contributed by atoms with E-state index in [0.717, 1.165) is 12.1 Å². The van der Waals surface area contributed by atoms with Crippen molar-refractivity contribution in [2.45, 2.75) is 32.8 Å². The topological polar surface area (TPSA) is 59.1 Å². The largest absolute Gasteiger partial charge is 0.432 e. The summed E-state index contributed by atoms with van der Waals surface area (Å²) in [5.74, 6) is -11.2. The van der Waals surface area contributed by atoms with Crippen molar-refractivity contribution in [3.63, 3.8) is 0 Å². The molecule has 1 unspecified atom stereocenters. The Labute approximate surface area is 247 Å². The van der Waals surface area contributed by atoms with Gasteiger partial charge in [-0.15, -0.1) is 0 Å². The lowest BCUT2D eigenvalue weighted by Crippen LogP contribution is -2.25. The Bertz CT molecular complexity index is 1610. The molecule has 0 spiro atoms. The number of ether oxygens (including phenoxy) is 1. The smallest absolute Gasteiger partial charge is 0.429 e. The summed E-state index contributed by atoms with van der Waals surface area (Å²) in [7, 11) is 0. The predicted molar refractivity (Wildman–Crippen MR) is 149 cm³/mol. The fourth-order valence-electron chi connectivity index (χ4n) is 3.90. The van der Waals surface area contributed by atoms with Crippen LogP contribution >= 0.6 is 0 Å². The minimum Gasteiger partial charge on any atom is -0.429 e. The van der Waals surface area contributed by atoms with Crippen LogP contribution in [-0.4, -0.2) is 12.8 Å². The maximum Gasteiger partial charge on any atom is 0.432 e. The Morgan fingerprint density at radius 1 is 0.705 bits per heavy atom. The molecule has 0 fully saturated rings. The summed E-state index contributed by atoms with van der Waals surface area (Å²) in [6.45, 7) is 6.12. The highest BCUT2D eigenvalue weighted by Crippen LogP contribution is 2.39. The van der Waals surface area contributed by atoms with Gasteiger partial charge in [0.05, 0.1) is 0 Å². The minimum atomic E-state index is -4.64. The van der Waals surface area contributed by atoms with E-state index in [1.807, 2.05) is 20.8 Å². The van der Waals surface area contributed by atoms with E-state index in [1.54, 1.807) is 0 Å². The van der Waals surface area contributed by atoms with Crippen molar-refractivity contribution in [3.8, 4) is 28.0 Å². The van der Waals surface area contributed by atoms with Crippen LogP contribution in [0.2, 0.25) is 0 Å². The molecule has 4 aromatic rings. The molecular formula is C32H27F9N2O. The fraction of sp³-hybridized carbons (Fsp3) is 0.219. The number of hydrogen-bond acceptors (Lipinski definition) is 3. The number of rotatable bonds is 8. The number of hydrogen-bond donors (Lipinski definition) is 2. The zero-order valence-electron chi connectivity index (χ0n) is 23.6. The van der Waals surface area contributed by atoms with Gasteiger partial charge in [-0.3, -0.25) is 0 Å². The zero-order chi connectivity index (χ0) is 32.9. The second-order valence-corrected chi connectivity index (χ2v) is 10.1. The van der Waals surface area contributed by atoms with Crippen molar-refractivity contribution in [3.05, 3.63) is 113 Å². The first-order valence-electron chi connectivity index (χ1n) is 13.1. The quantitative estimate of drug-likeness (QED) is 0.116. The van der Waals surface area contributed by atoms with Gasteiger partial charge in [0.2, 0.25) is 0 Å². The zero-order valence-corrected chi connectivity index (χ0v) is 23.6. The van der Waals surface area contributed by atoms with Crippen LogP contribution in [0.3, 0.4) is 0 Å². The molecule has 1 atom stereocenters. The van der Waals surface area contributed by atoms with Crippen LogP contribution in [0, 0.1) is 52.0 Å². The van der Waals surface area contributed by atoms with E-state index in [4.69, 9.17) is 11.1 Å². The molecule has 4 aromatic carbocycles. The minimum absolute atomic E-state index is 0.0258. The molecule has 0 aliphatic rings. The van der Waals surface area contributed by atoms with Gasteiger partial charge in [0, 0.05) is 23.1 Å². The van der Waals surface area contributed by atoms with Gasteiger partial charge in [-0.2, -0.15) is 8.78 Å². The van der Waals surface area contributed by atoms with E-state index in [9.17, 15) is 39.5 Å². The summed E-state index contributed by atoms with van der Waals surface area (Å²) in [5.41, 5.74) is 2.50. The van der Waals surface area contributed by atoms with Crippen molar-refractivity contribution < 1.29 is 44.3 Å². The molecule has 0 aromatic heterocycles. The third-order valence-electron chi connectivity index (χ3n) is 6.44. The lowest BCUT2D eigenvalue weighted by molar-refractivity contribution is -0.189. The summed E-state index contributed by atoms with van der Waals surface area (Å²) in [4.78, 5) is 0. The van der Waals surface area contributed by atoms with Crippen molar-refractivity contribution in [2.75, 3.05) is 6.54 Å². The molecule has 0 bridgehead atoms. The first kappa shape index (κ1) is 34.2. The Morgan fingerprint density at radius 3 is 1.59 bits per heavy atom. The highest BCUT2D eigenvalue weighted by molar-refractivity contribution is 5.66. The van der Waals surface area contributed by atoms with E-state index in [1.165, 1.54) is 24.4 Å². The second kappa shape index (κ2) is 14.0. The molecule has 0 aliphatic heterocycles. The standard InChI is InChI=1S/C28H17F9O.C4H10N2/c1-13(2)14-3-5-18(20(29)7-14)15-8-22(31)26(23(32)9-15)28(36,37)38-17-4-6-19(21(30)12-17)16-10-24(33)27(35)25(34)11-16;1-4(2-5)3-6/h3-13H,1-2H3;2,4-5H,3,6H2,1H3. The average molecular weight is 627 g/mol. The van der Waals surface area contributed by atoms with Gasteiger partial charge in [0.15, 0.2) is 17.5 Å². The number of nitrogens with one attached hydrogen (secondary N) is 1. The Kier molecular flexibility index (Phi) is 10.9. The van der Waals surface area contributed by atoms with Crippen molar-refractivity contribution in [1.29, 1.82) is 5.41 Å². The van der Waals surface area contributed by atoms with Crippen LogP contribution in [0.25, 0.3) is 22.3 Å². The molecule has 0 amide bonds. The Balaban J connectivity index is 0.000000801. The van der Waals surface area contributed by atoms with Gasteiger partial charge in [-0.05, 0) is 77.8 Å². The van der Waals surface area contributed by atoms with Gasteiger partial charge >= 0.3 is 6.11 Å². The Hall–Kier alpha value is -4.32. The van der Waals surface area contributed by atoms with Crippen LogP contribution in [0.5, 0.6) is 5.75 Å². The number of benzene rings is 4. The fourth-order valence-corrected chi connectivity index (χ4v) is 3.90. The molecule has 0 aliphatic carbocycles. The first-order valence-corrected chi connectivity index (χ1v) is 13.1. The van der Waals surface area contributed by atoms with E-state index >= 15 is 0 Å². The van der Waals surface area contributed by atoms with Crippen LogP contribution in [0.1, 0.15) is 37.8 Å². The molecule has 3 nitrogen and oxygen atoms in total. The van der Waals surface area contributed by atoms with Crippen LogP contribution < -0.4 is 10.5 Å². The van der Waals surface area contributed by atoms with E-state index < -0.39 is 69.3 Å². The van der Waals surface area contributed by atoms with Crippen molar-refractivity contribution >= 4 is 6.21 Å². The van der Waals surface area contributed by atoms with E-state index in [-0.39, 0.29) is 23.0 Å². The molecule has 0 saturated carbocycles. The highest BCUT2D eigenvalue weighted by atomic mass is 19.3. The SMILES string of the molecule is CC(C)c1ccc(-c2cc(F)c(C(F)(F)Oc3ccc(-c4cc(F)c(F)c(F)c4)c(F)c3)c(F)c2)c(F)c1.CC(C=N)CN. The average Bonchev–Trinajstić information content (AvgIpc) is 2.94. The molecular weight excluding hydrogens is 599 g/mol. The predicted octanol–water partition coefficient (Wildman–Crippen LogP) is 9.48. The van der Waals surface area contributed by atoms with Gasteiger partial charge in [0.25, 0.3) is 0 Å². The van der Waals surface area contributed by atoms with E-state index in [2.05, 4.69) is 4.74 Å². The van der Waals surface area contributed by atoms with Crippen LogP contribution in [-0.2, 0) is 6.11 Å². The molecule has 0 saturated heterocycles. The van der Waals surface area contributed by atoms with Gasteiger partial charge in [0.1, 0.15) is 34.6 Å². The summed E-state index contributed by atoms with van der Waals surface area (Å²) in [6.07, 6.45) is -3.30. The third kappa shape index (κ3) is 7.79. The maximum absolute atomic E-state index is 14.8. The maximum atomic E-state index is 14.8. The van der Waals surface area contributed by atoms with Gasteiger partial charge < -0.3 is 15.9 Å². The highest BCUT2D eigenvalue weighted by Gasteiger charge is 2.41. The first-order chi connectivity index (χ1) is 20.6. The molecule has 0 radical (unpaired) electrons. The summed E-state index contributed by atoms with van der Waals surface area (Å²) < 4.78 is 133. The van der Waals surface area contributed by atoms with Crippen molar-refractivity contribution in [1.82, 2.24) is 0 Å². The molecule has 3 N–H and O–H groups in total.